The summed E-state index contributed by atoms with van der Waals surface area (Å²) in [6, 6.07) is 11.8. The zero-order valence-corrected chi connectivity index (χ0v) is 13.5. The first-order valence-electron chi connectivity index (χ1n) is 8.65. The lowest BCUT2D eigenvalue weighted by Crippen LogP contribution is -2.54. The second-order valence-electron chi connectivity index (χ2n) is 8.16. The van der Waals surface area contributed by atoms with Crippen LogP contribution in [0.3, 0.4) is 0 Å². The molecule has 3 heteroatoms. The first kappa shape index (κ1) is 14.7. The van der Waals surface area contributed by atoms with Gasteiger partial charge in [-0.2, -0.15) is 0 Å². The van der Waals surface area contributed by atoms with Crippen molar-refractivity contribution in [3.63, 3.8) is 0 Å². The summed E-state index contributed by atoms with van der Waals surface area (Å²) in [5, 5.41) is 11.2. The van der Waals surface area contributed by atoms with E-state index in [-0.39, 0.29) is 5.41 Å². The maximum Gasteiger partial charge on any atom is 0.0684 e. The van der Waals surface area contributed by atoms with Gasteiger partial charge in [0.15, 0.2) is 0 Å². The van der Waals surface area contributed by atoms with Crippen LogP contribution in [0.4, 0.5) is 0 Å². The Labute approximate surface area is 133 Å². The zero-order chi connectivity index (χ0) is 15.2. The summed E-state index contributed by atoms with van der Waals surface area (Å²) >= 11 is 0. The molecule has 2 bridgehead atoms. The van der Waals surface area contributed by atoms with E-state index in [0.29, 0.717) is 12.1 Å². The highest BCUT2D eigenvalue weighted by Crippen LogP contribution is 2.47. The summed E-state index contributed by atoms with van der Waals surface area (Å²) < 4.78 is 5.37. The van der Waals surface area contributed by atoms with Gasteiger partial charge in [0.2, 0.25) is 0 Å². The van der Waals surface area contributed by atoms with E-state index in [1.165, 1.54) is 18.4 Å². The SMILES string of the molecule is CC1(CC2(O)CC3CCC(C2)N3Cc2ccccc2)COC1. The molecule has 1 aromatic rings. The van der Waals surface area contributed by atoms with Crippen LogP contribution < -0.4 is 0 Å². The van der Waals surface area contributed by atoms with E-state index in [1.54, 1.807) is 0 Å². The molecule has 1 aromatic carbocycles. The van der Waals surface area contributed by atoms with Gasteiger partial charge in [0.1, 0.15) is 0 Å². The van der Waals surface area contributed by atoms with E-state index in [1.807, 2.05) is 0 Å². The van der Waals surface area contributed by atoms with Gasteiger partial charge in [0.25, 0.3) is 0 Å². The Balaban J connectivity index is 1.45. The summed E-state index contributed by atoms with van der Waals surface area (Å²) in [7, 11) is 0. The Bertz CT molecular complexity index is 511. The largest absolute Gasteiger partial charge is 0.390 e. The van der Waals surface area contributed by atoms with Crippen molar-refractivity contribution >= 4 is 0 Å². The molecule has 120 valence electrons. The lowest BCUT2D eigenvalue weighted by Gasteiger charge is -2.49. The Morgan fingerprint density at radius 3 is 2.32 bits per heavy atom. The average molecular weight is 301 g/mol. The number of aliphatic hydroxyl groups is 1. The van der Waals surface area contributed by atoms with Crippen LogP contribution in [-0.2, 0) is 11.3 Å². The van der Waals surface area contributed by atoms with Crippen molar-refractivity contribution in [2.45, 2.75) is 63.3 Å². The minimum absolute atomic E-state index is 0.204. The molecule has 3 aliphatic rings. The Kier molecular flexibility index (Phi) is 3.55. The first-order valence-corrected chi connectivity index (χ1v) is 8.65. The fraction of sp³-hybridized carbons (Fsp3) is 0.684. The highest BCUT2D eigenvalue weighted by atomic mass is 16.5. The van der Waals surface area contributed by atoms with Crippen LogP contribution in [-0.4, -0.2) is 40.9 Å². The molecule has 3 saturated heterocycles. The highest BCUT2D eigenvalue weighted by molar-refractivity contribution is 5.16. The minimum Gasteiger partial charge on any atom is -0.390 e. The summed E-state index contributed by atoms with van der Waals surface area (Å²) in [5.74, 6) is 0. The fourth-order valence-electron chi connectivity index (χ4n) is 4.96. The van der Waals surface area contributed by atoms with Gasteiger partial charge in [-0.3, -0.25) is 4.90 Å². The van der Waals surface area contributed by atoms with E-state index in [0.717, 1.165) is 39.0 Å². The Hall–Kier alpha value is -0.900. The van der Waals surface area contributed by atoms with Crippen molar-refractivity contribution in [3.05, 3.63) is 35.9 Å². The molecule has 0 saturated carbocycles. The standard InChI is InChI=1S/C19H27NO2/c1-18(13-22-14-18)12-19(21)9-16-7-8-17(10-19)20(16)11-15-5-3-2-4-6-15/h2-6,16-17,21H,7-14H2,1H3. The molecule has 0 amide bonds. The molecular weight excluding hydrogens is 274 g/mol. The van der Waals surface area contributed by atoms with Gasteiger partial charge in [-0.25, -0.2) is 0 Å². The van der Waals surface area contributed by atoms with Gasteiger partial charge in [-0.05, 0) is 37.7 Å². The van der Waals surface area contributed by atoms with Crippen molar-refractivity contribution in [2.75, 3.05) is 13.2 Å². The van der Waals surface area contributed by atoms with Crippen molar-refractivity contribution in [3.8, 4) is 0 Å². The third-order valence-corrected chi connectivity index (χ3v) is 5.87. The number of rotatable bonds is 4. The van der Waals surface area contributed by atoms with Gasteiger partial charge in [0.05, 0.1) is 18.8 Å². The number of fused-ring (bicyclic) bond motifs is 2. The van der Waals surface area contributed by atoms with E-state index in [9.17, 15) is 5.11 Å². The number of nitrogens with zero attached hydrogens (tertiary/aromatic N) is 1. The molecule has 0 radical (unpaired) electrons. The Morgan fingerprint density at radius 1 is 1.14 bits per heavy atom. The van der Waals surface area contributed by atoms with Gasteiger partial charge >= 0.3 is 0 Å². The summed E-state index contributed by atoms with van der Waals surface area (Å²) in [4.78, 5) is 2.64. The van der Waals surface area contributed by atoms with Crippen LogP contribution in [0.5, 0.6) is 0 Å². The predicted octanol–water partition coefficient (Wildman–Crippen LogP) is 2.97. The third kappa shape index (κ3) is 2.70. The first-order chi connectivity index (χ1) is 10.6. The van der Waals surface area contributed by atoms with Crippen LogP contribution in [0, 0.1) is 5.41 Å². The van der Waals surface area contributed by atoms with Crippen molar-refractivity contribution in [1.29, 1.82) is 0 Å². The van der Waals surface area contributed by atoms with E-state index in [4.69, 9.17) is 4.74 Å². The van der Waals surface area contributed by atoms with Crippen LogP contribution in [0.2, 0.25) is 0 Å². The molecule has 1 N–H and O–H groups in total. The number of benzene rings is 1. The monoisotopic (exact) mass is 301 g/mol. The molecule has 0 aromatic heterocycles. The van der Waals surface area contributed by atoms with E-state index >= 15 is 0 Å². The second-order valence-corrected chi connectivity index (χ2v) is 8.16. The van der Waals surface area contributed by atoms with E-state index in [2.05, 4.69) is 42.2 Å². The van der Waals surface area contributed by atoms with Gasteiger partial charge < -0.3 is 9.84 Å². The molecule has 4 rings (SSSR count). The van der Waals surface area contributed by atoms with Gasteiger partial charge in [-0.15, -0.1) is 0 Å². The van der Waals surface area contributed by atoms with Crippen LogP contribution in [0.15, 0.2) is 30.3 Å². The van der Waals surface area contributed by atoms with Gasteiger partial charge in [0, 0.05) is 24.0 Å². The summed E-state index contributed by atoms with van der Waals surface area (Å²) in [5.41, 5.74) is 1.12. The molecular formula is C19H27NO2. The van der Waals surface area contributed by atoms with Crippen LogP contribution in [0.1, 0.15) is 44.6 Å². The molecule has 2 unspecified atom stereocenters. The lowest BCUT2D eigenvalue weighted by molar-refractivity contribution is -0.158. The molecule has 0 spiro atoms. The lowest BCUT2D eigenvalue weighted by atomic mass is 9.72. The molecule has 2 atom stereocenters. The highest BCUT2D eigenvalue weighted by Gasteiger charge is 2.51. The molecule has 3 nitrogen and oxygen atoms in total. The summed E-state index contributed by atoms with van der Waals surface area (Å²) in [6.07, 6.45) is 5.27. The molecule has 3 fully saturated rings. The topological polar surface area (TPSA) is 32.7 Å². The molecule has 3 heterocycles. The number of ether oxygens (including phenoxy) is 1. The zero-order valence-electron chi connectivity index (χ0n) is 13.5. The van der Waals surface area contributed by atoms with Crippen LogP contribution in [0.25, 0.3) is 0 Å². The maximum atomic E-state index is 11.2. The van der Waals surface area contributed by atoms with Gasteiger partial charge in [-0.1, -0.05) is 37.3 Å². The number of hydrogen-bond donors (Lipinski definition) is 1. The van der Waals surface area contributed by atoms with Crippen molar-refractivity contribution in [2.24, 2.45) is 5.41 Å². The normalized spacial score (nSPS) is 37.0. The molecule has 3 aliphatic heterocycles. The maximum absolute atomic E-state index is 11.2. The average Bonchev–Trinajstić information content (AvgIpc) is 2.71. The minimum atomic E-state index is -0.475. The third-order valence-electron chi connectivity index (χ3n) is 5.87. The smallest absolute Gasteiger partial charge is 0.0684 e. The molecule has 22 heavy (non-hydrogen) atoms. The number of hydrogen-bond acceptors (Lipinski definition) is 3. The number of piperidine rings is 1. The van der Waals surface area contributed by atoms with Crippen molar-refractivity contribution in [1.82, 2.24) is 4.90 Å². The van der Waals surface area contributed by atoms with E-state index < -0.39 is 5.60 Å². The van der Waals surface area contributed by atoms with Crippen LogP contribution >= 0.6 is 0 Å². The summed E-state index contributed by atoms with van der Waals surface area (Å²) in [6.45, 7) is 4.93. The van der Waals surface area contributed by atoms with Crippen molar-refractivity contribution < 1.29 is 9.84 Å². The predicted molar refractivity (Wildman–Crippen MR) is 86.5 cm³/mol. The quantitative estimate of drug-likeness (QED) is 0.928. The fourth-order valence-corrected chi connectivity index (χ4v) is 4.96. The second kappa shape index (κ2) is 5.33. The molecule has 0 aliphatic carbocycles. The Morgan fingerprint density at radius 2 is 1.77 bits per heavy atom.